The highest BCUT2D eigenvalue weighted by molar-refractivity contribution is 7.91. The Bertz CT molecular complexity index is 1170. The van der Waals surface area contributed by atoms with Crippen LogP contribution in [0.25, 0.3) is 5.65 Å². The Morgan fingerprint density at radius 3 is 2.48 bits per heavy atom. The van der Waals surface area contributed by atoms with Gasteiger partial charge in [-0.2, -0.15) is 9.61 Å². The van der Waals surface area contributed by atoms with Crippen LogP contribution in [0.3, 0.4) is 0 Å². The molecule has 0 amide bonds. The number of nitrogens with one attached hydrogen (secondary N) is 1. The fourth-order valence-corrected chi connectivity index (χ4v) is 3.96. The van der Waals surface area contributed by atoms with Crippen LogP contribution in [0, 0.1) is 4.78 Å². The molecular weight excluding hydrogens is 360 g/mol. The second-order valence-corrected chi connectivity index (χ2v) is 9.93. The average molecular weight is 385 g/mol. The van der Waals surface area contributed by atoms with Crippen molar-refractivity contribution in [3.63, 3.8) is 0 Å². The van der Waals surface area contributed by atoms with E-state index in [1.54, 1.807) is 16.6 Å². The van der Waals surface area contributed by atoms with E-state index in [0.717, 1.165) is 35.3 Å². The number of hydrogen-bond donors (Lipinski definition) is 1. The van der Waals surface area contributed by atoms with E-state index >= 15 is 0 Å². The molecule has 6 nitrogen and oxygen atoms in total. The van der Waals surface area contributed by atoms with Crippen molar-refractivity contribution in [2.24, 2.45) is 0 Å². The van der Waals surface area contributed by atoms with Gasteiger partial charge in [0.2, 0.25) is 0 Å². The van der Waals surface area contributed by atoms with Gasteiger partial charge >= 0.3 is 0 Å². The molecule has 1 fully saturated rings. The highest BCUT2D eigenvalue weighted by Gasteiger charge is 2.27. The molecular formula is C20H24N4O2S. The Morgan fingerprint density at radius 1 is 1.26 bits per heavy atom. The van der Waals surface area contributed by atoms with Crippen LogP contribution in [0.2, 0.25) is 0 Å². The molecule has 0 aliphatic heterocycles. The van der Waals surface area contributed by atoms with Crippen molar-refractivity contribution in [2.75, 3.05) is 6.26 Å². The summed E-state index contributed by atoms with van der Waals surface area (Å²) in [6.45, 7) is 4.61. The molecule has 2 heterocycles. The maximum atomic E-state index is 12.8. The second-order valence-electron chi connectivity index (χ2n) is 7.77. The van der Waals surface area contributed by atoms with Gasteiger partial charge in [-0.15, -0.1) is 0 Å². The van der Waals surface area contributed by atoms with Crippen molar-refractivity contribution in [1.29, 1.82) is 4.78 Å². The molecule has 1 aliphatic carbocycles. The van der Waals surface area contributed by atoms with Crippen LogP contribution in [-0.2, 0) is 16.3 Å². The fraction of sp³-hybridized carbons (Fsp3) is 0.400. The Kier molecular flexibility index (Phi) is 4.22. The molecule has 0 spiro atoms. The lowest BCUT2D eigenvalue weighted by molar-refractivity contribution is 0.678. The van der Waals surface area contributed by atoms with E-state index in [1.165, 1.54) is 6.26 Å². The molecule has 0 saturated heterocycles. The third-order valence-corrected chi connectivity index (χ3v) is 6.25. The van der Waals surface area contributed by atoms with Gasteiger partial charge in [-0.25, -0.2) is 8.99 Å². The van der Waals surface area contributed by atoms with Gasteiger partial charge in [0.15, 0.2) is 0 Å². The molecule has 0 bridgehead atoms. The van der Waals surface area contributed by atoms with Gasteiger partial charge in [-0.05, 0) is 36.5 Å². The third kappa shape index (κ3) is 3.43. The smallest absolute Gasteiger partial charge is 0.277 e. The summed E-state index contributed by atoms with van der Waals surface area (Å²) in [5, 5.41) is 4.59. The van der Waals surface area contributed by atoms with Crippen molar-refractivity contribution < 1.29 is 4.21 Å². The van der Waals surface area contributed by atoms with Gasteiger partial charge in [0.25, 0.3) is 5.56 Å². The highest BCUT2D eigenvalue weighted by Crippen LogP contribution is 2.39. The van der Waals surface area contributed by atoms with Gasteiger partial charge in [-0.1, -0.05) is 26.0 Å². The lowest BCUT2D eigenvalue weighted by Gasteiger charge is -2.13. The molecule has 2 aromatic heterocycles. The number of benzene rings is 1. The normalized spacial score (nSPS) is 16.7. The predicted molar refractivity (Wildman–Crippen MR) is 106 cm³/mol. The molecule has 1 aromatic carbocycles. The van der Waals surface area contributed by atoms with Gasteiger partial charge in [-0.3, -0.25) is 4.79 Å². The van der Waals surface area contributed by atoms with Crippen molar-refractivity contribution in [3.8, 4) is 0 Å². The zero-order chi connectivity index (χ0) is 19.3. The monoisotopic (exact) mass is 384 g/mol. The summed E-state index contributed by atoms with van der Waals surface area (Å²) in [7, 11) is -2.71. The molecule has 1 aliphatic rings. The number of hydrogen-bond acceptors (Lipinski definition) is 4. The first-order valence-electron chi connectivity index (χ1n) is 9.20. The minimum Gasteiger partial charge on any atom is -0.328 e. The molecule has 142 valence electrons. The largest absolute Gasteiger partial charge is 0.328 e. The van der Waals surface area contributed by atoms with Crippen LogP contribution in [0.5, 0.6) is 0 Å². The van der Waals surface area contributed by atoms with Gasteiger partial charge in [0.05, 0.1) is 15.4 Å². The summed E-state index contributed by atoms with van der Waals surface area (Å²) in [4.78, 5) is 13.3. The van der Waals surface area contributed by atoms with Crippen LogP contribution in [-0.4, -0.2) is 24.6 Å². The quantitative estimate of drug-likeness (QED) is 0.730. The second kappa shape index (κ2) is 6.34. The maximum absolute atomic E-state index is 12.8. The van der Waals surface area contributed by atoms with Crippen LogP contribution < -0.4 is 5.56 Å². The van der Waals surface area contributed by atoms with E-state index in [4.69, 9.17) is 4.78 Å². The van der Waals surface area contributed by atoms with E-state index in [9.17, 15) is 9.00 Å². The number of fused-ring (bicyclic) bond motifs is 1. The minimum absolute atomic E-state index is 0.0431. The van der Waals surface area contributed by atoms with E-state index in [2.05, 4.69) is 9.67 Å². The SMILES string of the molecule is CC(C)c1cn(Cc2ccc([S@@](C)(=N)=O)cc2)c2cc(C3CC3)nn2c1=O. The summed E-state index contributed by atoms with van der Waals surface area (Å²) >= 11 is 0. The highest BCUT2D eigenvalue weighted by atomic mass is 32.2. The topological polar surface area (TPSA) is 80.2 Å². The van der Waals surface area contributed by atoms with E-state index in [-0.39, 0.29) is 11.5 Å². The summed E-state index contributed by atoms with van der Waals surface area (Å²) in [5.41, 5.74) is 3.52. The molecule has 4 rings (SSSR count). The number of rotatable bonds is 5. The van der Waals surface area contributed by atoms with Crippen LogP contribution in [0.1, 0.15) is 55.3 Å². The molecule has 1 saturated carbocycles. The summed E-state index contributed by atoms with van der Waals surface area (Å²) in [6.07, 6.45) is 5.63. The average Bonchev–Trinajstić information content (AvgIpc) is 3.35. The minimum atomic E-state index is -2.71. The summed E-state index contributed by atoms with van der Waals surface area (Å²) < 4.78 is 23.2. The first-order valence-corrected chi connectivity index (χ1v) is 11.2. The maximum Gasteiger partial charge on any atom is 0.277 e. The molecule has 27 heavy (non-hydrogen) atoms. The molecule has 7 heteroatoms. The van der Waals surface area contributed by atoms with Crippen LogP contribution in [0.4, 0.5) is 0 Å². The molecule has 3 aromatic rings. The van der Waals surface area contributed by atoms with Crippen molar-refractivity contribution >= 4 is 15.4 Å². The first kappa shape index (κ1) is 18.0. The predicted octanol–water partition coefficient (Wildman–Crippen LogP) is 3.58. The standard InChI is InChI=1S/C20H24N4O2S/c1-13(2)17-12-23(11-14-4-8-16(9-5-14)27(3,21)26)19-10-18(15-6-7-15)22-24(19)20(17)25/h4-5,8-10,12-13,15,21H,6-7,11H2,1-3H3/t27-/m0/s1. The zero-order valence-corrected chi connectivity index (χ0v) is 16.6. The molecule has 0 radical (unpaired) electrons. The fourth-order valence-electron chi connectivity index (χ4n) is 3.31. The summed E-state index contributed by atoms with van der Waals surface area (Å²) in [5.74, 6) is 0.589. The molecule has 1 N–H and O–H groups in total. The van der Waals surface area contributed by atoms with Crippen molar-refractivity contribution in [3.05, 3.63) is 63.7 Å². The van der Waals surface area contributed by atoms with Gasteiger partial charge in [0.1, 0.15) is 5.65 Å². The summed E-state index contributed by atoms with van der Waals surface area (Å²) in [6, 6.07) is 9.32. The lowest BCUT2D eigenvalue weighted by atomic mass is 10.1. The third-order valence-electron chi connectivity index (χ3n) is 5.08. The van der Waals surface area contributed by atoms with E-state index < -0.39 is 9.73 Å². The lowest BCUT2D eigenvalue weighted by Crippen LogP contribution is -2.24. The molecule has 1 atom stereocenters. The first-order chi connectivity index (χ1) is 12.7. The zero-order valence-electron chi connectivity index (χ0n) is 15.8. The Labute approximate surface area is 158 Å². The van der Waals surface area contributed by atoms with Crippen molar-refractivity contribution in [1.82, 2.24) is 14.2 Å². The van der Waals surface area contributed by atoms with Crippen LogP contribution in [0.15, 0.2) is 46.2 Å². The van der Waals surface area contributed by atoms with Crippen LogP contribution >= 0.6 is 0 Å². The Hall–Kier alpha value is -2.41. The molecule has 0 unspecified atom stereocenters. The number of nitrogens with zero attached hydrogens (tertiary/aromatic N) is 3. The van der Waals surface area contributed by atoms with E-state index in [0.29, 0.717) is 17.4 Å². The Balaban J connectivity index is 1.80. The van der Waals surface area contributed by atoms with Gasteiger partial charge < -0.3 is 4.57 Å². The van der Waals surface area contributed by atoms with E-state index in [1.807, 2.05) is 38.2 Å². The van der Waals surface area contributed by atoms with Crippen molar-refractivity contribution in [2.45, 2.75) is 50.0 Å². The van der Waals surface area contributed by atoms with Gasteiger partial charge in [0, 0.05) is 41.4 Å². The number of aromatic nitrogens is 3. The Morgan fingerprint density at radius 2 is 1.93 bits per heavy atom.